The van der Waals surface area contributed by atoms with E-state index in [2.05, 4.69) is 26.1 Å². The molecule has 0 amide bonds. The first-order valence-electron chi connectivity index (χ1n) is 10.1. The van der Waals surface area contributed by atoms with Crippen LogP contribution in [0.2, 0.25) is 0 Å². The number of hydrogen-bond donors (Lipinski definition) is 0. The second kappa shape index (κ2) is 7.68. The van der Waals surface area contributed by atoms with Crippen molar-refractivity contribution in [2.45, 2.75) is 31.7 Å². The van der Waals surface area contributed by atoms with Crippen molar-refractivity contribution in [1.82, 2.24) is 20.1 Å². The predicted octanol–water partition coefficient (Wildman–Crippen LogP) is 4.36. The quantitative estimate of drug-likeness (QED) is 0.666. The van der Waals surface area contributed by atoms with Crippen LogP contribution < -0.4 is 4.74 Å². The number of ether oxygens (including phenoxy) is 1. The van der Waals surface area contributed by atoms with Crippen molar-refractivity contribution in [2.75, 3.05) is 13.1 Å². The smallest absolute Gasteiger partial charge is 0.240 e. The predicted molar refractivity (Wildman–Crippen MR) is 108 cm³/mol. The third kappa shape index (κ3) is 3.62. The average molecular weight is 372 g/mol. The lowest BCUT2D eigenvalue weighted by Gasteiger charge is -2.45. The topological polar surface area (TPSA) is 51.1 Å². The third-order valence-corrected chi connectivity index (χ3v) is 5.99. The van der Waals surface area contributed by atoms with Gasteiger partial charge in [0.15, 0.2) is 0 Å². The van der Waals surface area contributed by atoms with Gasteiger partial charge in [-0.2, -0.15) is 0 Å². The molecule has 28 heavy (non-hydrogen) atoms. The SMILES string of the molecule is c1ccc(-c2ccc(Oc3ncccc3CC3CC4CCN3CC4)nn2)cc1. The van der Waals surface area contributed by atoms with Crippen molar-refractivity contribution < 1.29 is 4.74 Å². The van der Waals surface area contributed by atoms with Crippen LogP contribution in [-0.2, 0) is 6.42 Å². The van der Waals surface area contributed by atoms with E-state index in [1.807, 2.05) is 48.5 Å². The molecule has 5 nitrogen and oxygen atoms in total. The van der Waals surface area contributed by atoms with Crippen molar-refractivity contribution in [2.24, 2.45) is 5.92 Å². The molecule has 5 heteroatoms. The number of nitrogens with zero attached hydrogens (tertiary/aromatic N) is 4. The van der Waals surface area contributed by atoms with Crippen molar-refractivity contribution >= 4 is 0 Å². The second-order valence-electron chi connectivity index (χ2n) is 7.77. The molecule has 3 aromatic rings. The van der Waals surface area contributed by atoms with Crippen molar-refractivity contribution in [3.63, 3.8) is 0 Å². The Kier molecular flexibility index (Phi) is 4.75. The number of fused-ring (bicyclic) bond motifs is 3. The maximum atomic E-state index is 6.02. The standard InChI is InChI=1S/C23H24N4O/c1-2-5-18(6-3-1)21-8-9-22(26-25-21)28-23-19(7-4-12-24-23)16-20-15-17-10-13-27(20)14-11-17/h1-9,12,17,20H,10-11,13-16H2. The Bertz CT molecular complexity index is 921. The van der Waals surface area contributed by atoms with Crippen LogP contribution in [0.4, 0.5) is 0 Å². The van der Waals surface area contributed by atoms with Gasteiger partial charge in [-0.25, -0.2) is 4.98 Å². The van der Waals surface area contributed by atoms with Crippen LogP contribution in [0.15, 0.2) is 60.8 Å². The highest BCUT2D eigenvalue weighted by Gasteiger charge is 2.33. The molecule has 142 valence electrons. The molecule has 0 N–H and O–H groups in total. The minimum atomic E-state index is 0.477. The second-order valence-corrected chi connectivity index (χ2v) is 7.77. The van der Waals surface area contributed by atoms with Crippen molar-refractivity contribution in [3.8, 4) is 23.0 Å². The number of benzene rings is 1. The number of aromatic nitrogens is 3. The van der Waals surface area contributed by atoms with Gasteiger partial charge < -0.3 is 9.64 Å². The Labute approximate surface area is 165 Å². The van der Waals surface area contributed by atoms with Gasteiger partial charge in [0.25, 0.3) is 0 Å². The van der Waals surface area contributed by atoms with Crippen LogP contribution in [0, 0.1) is 5.92 Å². The molecule has 0 spiro atoms. The fourth-order valence-electron chi connectivity index (χ4n) is 4.46. The summed E-state index contributed by atoms with van der Waals surface area (Å²) in [5.74, 6) is 2.02. The molecule has 6 rings (SSSR count). The summed E-state index contributed by atoms with van der Waals surface area (Å²) in [6, 6.07) is 18.5. The molecule has 0 radical (unpaired) electrons. The Balaban J connectivity index is 1.32. The van der Waals surface area contributed by atoms with Crippen LogP contribution in [-0.4, -0.2) is 39.2 Å². The van der Waals surface area contributed by atoms with Crippen LogP contribution in [0.1, 0.15) is 24.8 Å². The summed E-state index contributed by atoms with van der Waals surface area (Å²) in [6.07, 6.45) is 6.76. The highest BCUT2D eigenvalue weighted by molar-refractivity contribution is 5.58. The summed E-state index contributed by atoms with van der Waals surface area (Å²) in [7, 11) is 0. The molecule has 2 bridgehead atoms. The Morgan fingerprint density at radius 1 is 0.929 bits per heavy atom. The van der Waals surface area contributed by atoms with Crippen LogP contribution in [0.25, 0.3) is 11.3 Å². The summed E-state index contributed by atoms with van der Waals surface area (Å²) in [5.41, 5.74) is 3.02. The van der Waals surface area contributed by atoms with Crippen LogP contribution in [0.5, 0.6) is 11.8 Å². The van der Waals surface area contributed by atoms with Gasteiger partial charge in [-0.3, -0.25) is 0 Å². The van der Waals surface area contributed by atoms with Crippen LogP contribution in [0.3, 0.4) is 0 Å². The lowest BCUT2D eigenvalue weighted by molar-refractivity contribution is 0.0495. The summed E-state index contributed by atoms with van der Waals surface area (Å²) < 4.78 is 6.02. The molecule has 2 aromatic heterocycles. The number of rotatable bonds is 5. The molecule has 5 heterocycles. The molecule has 1 aromatic carbocycles. The van der Waals surface area contributed by atoms with E-state index in [-0.39, 0.29) is 0 Å². The Morgan fingerprint density at radius 3 is 2.50 bits per heavy atom. The summed E-state index contributed by atoms with van der Waals surface area (Å²) in [4.78, 5) is 7.10. The zero-order valence-corrected chi connectivity index (χ0v) is 15.9. The van der Waals surface area contributed by atoms with Gasteiger partial charge in [0, 0.05) is 29.4 Å². The number of piperidine rings is 3. The molecule has 3 fully saturated rings. The summed E-state index contributed by atoms with van der Waals surface area (Å²) in [6.45, 7) is 2.47. The molecule has 3 aliphatic heterocycles. The molecule has 3 aliphatic rings. The van der Waals surface area contributed by atoms with Gasteiger partial charge in [0.05, 0.1) is 5.69 Å². The van der Waals surface area contributed by atoms with E-state index in [4.69, 9.17) is 4.74 Å². The molecule has 1 atom stereocenters. The van der Waals surface area contributed by atoms with E-state index in [1.54, 1.807) is 6.20 Å². The van der Waals surface area contributed by atoms with Crippen molar-refractivity contribution in [1.29, 1.82) is 0 Å². The fourth-order valence-corrected chi connectivity index (χ4v) is 4.46. The zero-order valence-electron chi connectivity index (χ0n) is 15.9. The highest BCUT2D eigenvalue weighted by Crippen LogP contribution is 2.34. The van der Waals surface area contributed by atoms with Gasteiger partial charge in [0.1, 0.15) is 0 Å². The number of hydrogen-bond acceptors (Lipinski definition) is 5. The van der Waals surface area contributed by atoms with E-state index in [0.29, 0.717) is 17.8 Å². The first kappa shape index (κ1) is 17.3. The first-order chi connectivity index (χ1) is 13.8. The average Bonchev–Trinajstić information content (AvgIpc) is 2.77. The maximum Gasteiger partial charge on any atom is 0.240 e. The van der Waals surface area contributed by atoms with E-state index in [1.165, 1.54) is 32.4 Å². The minimum absolute atomic E-state index is 0.477. The van der Waals surface area contributed by atoms with Gasteiger partial charge in [-0.05, 0) is 56.8 Å². The molecular weight excluding hydrogens is 348 g/mol. The van der Waals surface area contributed by atoms with Gasteiger partial charge in [-0.15, -0.1) is 10.2 Å². The molecule has 1 unspecified atom stereocenters. The van der Waals surface area contributed by atoms with E-state index >= 15 is 0 Å². The van der Waals surface area contributed by atoms with Crippen LogP contribution >= 0.6 is 0 Å². The third-order valence-electron chi connectivity index (χ3n) is 5.99. The highest BCUT2D eigenvalue weighted by atomic mass is 16.5. The zero-order chi connectivity index (χ0) is 18.8. The van der Waals surface area contributed by atoms with E-state index < -0.39 is 0 Å². The molecule has 3 saturated heterocycles. The normalized spacial score (nSPS) is 23.5. The molecule has 0 saturated carbocycles. The van der Waals surface area contributed by atoms with Gasteiger partial charge in [0.2, 0.25) is 11.8 Å². The minimum Gasteiger partial charge on any atom is -0.419 e. The molecule has 0 aliphatic carbocycles. The lowest BCUT2D eigenvalue weighted by atomic mass is 9.81. The van der Waals surface area contributed by atoms with E-state index in [0.717, 1.165) is 29.2 Å². The monoisotopic (exact) mass is 372 g/mol. The fraction of sp³-hybridized carbons (Fsp3) is 0.348. The summed E-state index contributed by atoms with van der Waals surface area (Å²) >= 11 is 0. The first-order valence-corrected chi connectivity index (χ1v) is 10.1. The number of pyridine rings is 1. The van der Waals surface area contributed by atoms with Crippen molar-refractivity contribution in [3.05, 3.63) is 66.4 Å². The van der Waals surface area contributed by atoms with Gasteiger partial charge in [-0.1, -0.05) is 36.4 Å². The lowest BCUT2D eigenvalue weighted by Crippen LogP contribution is -2.49. The largest absolute Gasteiger partial charge is 0.419 e. The summed E-state index contributed by atoms with van der Waals surface area (Å²) in [5, 5.41) is 8.56. The maximum absolute atomic E-state index is 6.02. The Hall–Kier alpha value is -2.79. The van der Waals surface area contributed by atoms with Gasteiger partial charge >= 0.3 is 0 Å². The van der Waals surface area contributed by atoms with E-state index in [9.17, 15) is 0 Å². The Morgan fingerprint density at radius 2 is 1.79 bits per heavy atom. The molecular formula is C23H24N4O.